The van der Waals surface area contributed by atoms with E-state index in [2.05, 4.69) is 41.9 Å². The second kappa shape index (κ2) is 15.4. The fourth-order valence-corrected chi connectivity index (χ4v) is 4.45. The number of rotatable bonds is 11. The molecule has 0 spiro atoms. The van der Waals surface area contributed by atoms with Gasteiger partial charge in [-0.3, -0.25) is 19.8 Å². The topological polar surface area (TPSA) is 117 Å². The van der Waals surface area contributed by atoms with Crippen molar-refractivity contribution >= 4 is 18.2 Å². The second-order valence-corrected chi connectivity index (χ2v) is 11.2. The molecular formula is C30H45N5O4. The van der Waals surface area contributed by atoms with E-state index in [-0.39, 0.29) is 23.8 Å². The van der Waals surface area contributed by atoms with Crippen molar-refractivity contribution in [3.63, 3.8) is 0 Å². The van der Waals surface area contributed by atoms with Crippen LogP contribution in [0.15, 0.2) is 60.7 Å². The van der Waals surface area contributed by atoms with E-state index in [1.54, 1.807) is 33.0 Å². The predicted molar refractivity (Wildman–Crippen MR) is 153 cm³/mol. The number of nitrogens with two attached hydrogens (primary N) is 1. The molecule has 3 rings (SSSR count). The van der Waals surface area contributed by atoms with Crippen molar-refractivity contribution in [1.29, 1.82) is 0 Å². The molecule has 9 heteroatoms. The van der Waals surface area contributed by atoms with Gasteiger partial charge >= 0.3 is 0 Å². The van der Waals surface area contributed by atoms with Crippen LogP contribution in [0.1, 0.15) is 44.7 Å². The normalized spacial score (nSPS) is 18.0. The molecule has 3 amide bonds. The van der Waals surface area contributed by atoms with Crippen LogP contribution in [0.25, 0.3) is 0 Å². The molecule has 9 nitrogen and oxygen atoms in total. The van der Waals surface area contributed by atoms with Gasteiger partial charge in [-0.25, -0.2) is 5.01 Å². The Balaban J connectivity index is 0.000000798. The summed E-state index contributed by atoms with van der Waals surface area (Å²) >= 11 is 0. The zero-order chi connectivity index (χ0) is 28.9. The van der Waals surface area contributed by atoms with Crippen molar-refractivity contribution in [1.82, 2.24) is 20.7 Å². The molecule has 1 heterocycles. The second-order valence-electron chi connectivity index (χ2n) is 11.2. The molecule has 214 valence electrons. The third kappa shape index (κ3) is 11.6. The lowest BCUT2D eigenvalue weighted by atomic mass is 9.77. The van der Waals surface area contributed by atoms with E-state index < -0.39 is 11.6 Å². The number of nitrogens with zero attached hydrogens (tertiary/aromatic N) is 2. The molecule has 1 fully saturated rings. The van der Waals surface area contributed by atoms with Crippen molar-refractivity contribution in [2.45, 2.75) is 58.2 Å². The Hall–Kier alpha value is -3.27. The van der Waals surface area contributed by atoms with Crippen LogP contribution in [0.4, 0.5) is 0 Å². The molecule has 0 bridgehead atoms. The third-order valence-corrected chi connectivity index (χ3v) is 6.46. The minimum absolute atomic E-state index is 0.0120. The fourth-order valence-electron chi connectivity index (χ4n) is 4.45. The molecule has 0 unspecified atom stereocenters. The molecule has 0 aromatic heterocycles. The molecule has 0 aliphatic carbocycles. The highest BCUT2D eigenvalue weighted by Crippen LogP contribution is 2.33. The van der Waals surface area contributed by atoms with Crippen molar-refractivity contribution in [3.8, 4) is 0 Å². The van der Waals surface area contributed by atoms with Gasteiger partial charge in [-0.15, -0.1) is 0 Å². The van der Waals surface area contributed by atoms with Crippen LogP contribution < -0.4 is 16.5 Å². The Bertz CT molecular complexity index is 1030. The number of carbonyl (C=O) groups excluding carboxylic acids is 3. The minimum atomic E-state index is -1.08. The molecule has 4 N–H and O–H groups in total. The van der Waals surface area contributed by atoms with E-state index in [4.69, 9.17) is 10.5 Å². The first-order chi connectivity index (χ1) is 18.4. The van der Waals surface area contributed by atoms with Gasteiger partial charge in [0.25, 0.3) is 0 Å². The van der Waals surface area contributed by atoms with E-state index in [1.165, 1.54) is 5.56 Å². The number of amides is 3. The number of piperidine rings is 1. The Morgan fingerprint density at radius 1 is 1.10 bits per heavy atom. The molecule has 39 heavy (non-hydrogen) atoms. The number of carbonyl (C=O) groups is 3. The van der Waals surface area contributed by atoms with Gasteiger partial charge in [0.15, 0.2) is 0 Å². The summed E-state index contributed by atoms with van der Waals surface area (Å²) in [7, 11) is 3.49. The van der Waals surface area contributed by atoms with Gasteiger partial charge in [0.1, 0.15) is 6.04 Å². The molecule has 1 aliphatic rings. The van der Waals surface area contributed by atoms with E-state index in [1.807, 2.05) is 41.3 Å². The van der Waals surface area contributed by atoms with E-state index in [9.17, 15) is 14.4 Å². The molecule has 2 atom stereocenters. The lowest BCUT2D eigenvalue weighted by Crippen LogP contribution is -2.59. The van der Waals surface area contributed by atoms with Crippen LogP contribution in [0.2, 0.25) is 0 Å². The van der Waals surface area contributed by atoms with Crippen LogP contribution >= 0.6 is 0 Å². The number of benzene rings is 2. The molecule has 1 saturated heterocycles. The number of ether oxygens (including phenoxy) is 1. The molecule has 2 aromatic rings. The first-order valence-corrected chi connectivity index (χ1v) is 13.3. The highest BCUT2D eigenvalue weighted by molar-refractivity contribution is 5.91. The first kappa shape index (κ1) is 31.9. The highest BCUT2D eigenvalue weighted by Gasteiger charge is 2.37. The number of hydrogen-bond acceptors (Lipinski definition) is 6. The largest absolute Gasteiger partial charge is 0.374 e. The summed E-state index contributed by atoms with van der Waals surface area (Å²) in [4.78, 5) is 37.5. The van der Waals surface area contributed by atoms with E-state index in [0.717, 1.165) is 24.8 Å². The average Bonchev–Trinajstić information content (AvgIpc) is 2.88. The van der Waals surface area contributed by atoms with Crippen LogP contribution in [-0.2, 0) is 32.1 Å². The monoisotopic (exact) mass is 539 g/mol. The summed E-state index contributed by atoms with van der Waals surface area (Å²) in [6.07, 6.45) is 3.53. The SMILES string of the molecule is CC(C)(N)C(=O)N[C@H](COCc1ccccc1)C(=O)N1CCC[C@@](C)(Cc2ccccc2)C1.CN(C)NC=O. The van der Waals surface area contributed by atoms with Crippen LogP contribution in [-0.4, -0.2) is 73.5 Å². The standard InChI is InChI=1S/C27H37N3O3.C3H8N2O/c1-26(2,28)25(32)29-23(19-33-18-22-13-8-5-9-14-22)24(31)30-16-10-15-27(3,20-30)17-21-11-6-4-7-12-21;1-5(2)4-3-6/h4-9,11-14,23H,10,15-20,28H2,1-3H3,(H,29,32);3H,1-2H3,(H,4,6)/t23-,27+;/m1./s1. The summed E-state index contributed by atoms with van der Waals surface area (Å²) in [5.74, 6) is -0.479. The van der Waals surface area contributed by atoms with Crippen molar-refractivity contribution in [3.05, 3.63) is 71.8 Å². The zero-order valence-electron chi connectivity index (χ0n) is 24.0. The number of nitrogens with one attached hydrogen (secondary N) is 2. The van der Waals surface area contributed by atoms with Crippen molar-refractivity contribution < 1.29 is 19.1 Å². The first-order valence-electron chi connectivity index (χ1n) is 13.3. The van der Waals surface area contributed by atoms with E-state index in [0.29, 0.717) is 26.1 Å². The summed E-state index contributed by atoms with van der Waals surface area (Å²) in [6, 6.07) is 19.4. The molecule has 1 aliphatic heterocycles. The third-order valence-electron chi connectivity index (χ3n) is 6.46. The highest BCUT2D eigenvalue weighted by atomic mass is 16.5. The van der Waals surface area contributed by atoms with Crippen LogP contribution in [0, 0.1) is 5.41 Å². The number of likely N-dealkylation sites (tertiary alicyclic amines) is 1. The summed E-state index contributed by atoms with van der Waals surface area (Å²) in [5.41, 5.74) is 9.53. The summed E-state index contributed by atoms with van der Waals surface area (Å²) in [6.45, 7) is 7.30. The van der Waals surface area contributed by atoms with Crippen molar-refractivity contribution in [2.75, 3.05) is 33.8 Å². The molecule has 0 radical (unpaired) electrons. The van der Waals surface area contributed by atoms with Crippen LogP contribution in [0.3, 0.4) is 0 Å². The van der Waals surface area contributed by atoms with Crippen molar-refractivity contribution in [2.24, 2.45) is 11.1 Å². The predicted octanol–water partition coefficient (Wildman–Crippen LogP) is 2.51. The lowest BCUT2D eigenvalue weighted by molar-refractivity contribution is -0.142. The lowest BCUT2D eigenvalue weighted by Gasteiger charge is -2.42. The maximum absolute atomic E-state index is 13.5. The van der Waals surface area contributed by atoms with Gasteiger partial charge in [-0.2, -0.15) is 0 Å². The average molecular weight is 540 g/mol. The Morgan fingerprint density at radius 2 is 1.69 bits per heavy atom. The minimum Gasteiger partial charge on any atom is -0.374 e. The van der Waals surface area contributed by atoms with E-state index >= 15 is 0 Å². The Kier molecular flexibility index (Phi) is 12.6. The summed E-state index contributed by atoms with van der Waals surface area (Å²) < 4.78 is 5.85. The zero-order valence-corrected chi connectivity index (χ0v) is 24.0. The fraction of sp³-hybridized carbons (Fsp3) is 0.500. The van der Waals surface area contributed by atoms with Gasteiger partial charge in [-0.1, -0.05) is 67.6 Å². The maximum Gasteiger partial charge on any atom is 0.247 e. The maximum atomic E-state index is 13.5. The molecular weight excluding hydrogens is 494 g/mol. The summed E-state index contributed by atoms with van der Waals surface area (Å²) in [5, 5.41) is 4.40. The van der Waals surface area contributed by atoms with Gasteiger partial charge in [0.2, 0.25) is 18.2 Å². The van der Waals surface area contributed by atoms with Gasteiger partial charge in [0.05, 0.1) is 18.8 Å². The van der Waals surface area contributed by atoms with Gasteiger partial charge in [0, 0.05) is 27.2 Å². The molecule has 2 aromatic carbocycles. The Morgan fingerprint density at radius 3 is 2.21 bits per heavy atom. The Labute approximate surface area is 233 Å². The smallest absolute Gasteiger partial charge is 0.247 e. The number of hydrazine groups is 1. The van der Waals surface area contributed by atoms with Gasteiger partial charge < -0.3 is 20.7 Å². The van der Waals surface area contributed by atoms with Gasteiger partial charge in [-0.05, 0) is 49.7 Å². The quantitative estimate of drug-likeness (QED) is 0.298. The van der Waals surface area contributed by atoms with Crippen LogP contribution in [0.5, 0.6) is 0 Å². The number of hydrogen-bond donors (Lipinski definition) is 3. The molecule has 0 saturated carbocycles.